The van der Waals surface area contributed by atoms with Crippen molar-refractivity contribution < 1.29 is 18.7 Å². The molecule has 5 rings (SSSR count). The van der Waals surface area contributed by atoms with Crippen LogP contribution in [-0.4, -0.2) is 65.7 Å². The van der Waals surface area contributed by atoms with Gasteiger partial charge < -0.3 is 29.7 Å². The lowest BCUT2D eigenvalue weighted by Crippen LogP contribution is -2.45. The summed E-state index contributed by atoms with van der Waals surface area (Å²) in [5.41, 5.74) is 8.93. The summed E-state index contributed by atoms with van der Waals surface area (Å²) < 4.78 is 13.2. The molecule has 2 atom stereocenters. The number of benzene rings is 2. The van der Waals surface area contributed by atoms with E-state index in [9.17, 15) is 9.59 Å². The van der Waals surface area contributed by atoms with Crippen molar-refractivity contribution in [2.45, 2.75) is 44.2 Å². The normalized spacial score (nSPS) is 16.1. The molecule has 1 fully saturated rings. The van der Waals surface area contributed by atoms with Crippen molar-refractivity contribution >= 4 is 46.0 Å². The van der Waals surface area contributed by atoms with Crippen molar-refractivity contribution in [3.8, 4) is 11.3 Å². The van der Waals surface area contributed by atoms with Crippen molar-refractivity contribution in [2.24, 2.45) is 5.73 Å². The number of fused-ring (bicyclic) bond motifs is 1. The minimum atomic E-state index is -0.544. The molecule has 9 nitrogen and oxygen atoms in total. The number of rotatable bonds is 11. The van der Waals surface area contributed by atoms with Crippen LogP contribution in [0.25, 0.3) is 22.4 Å². The summed E-state index contributed by atoms with van der Waals surface area (Å²) in [4.78, 5) is 32.8. The number of hydrogen-bond acceptors (Lipinski definition) is 6. The number of para-hydroxylation sites is 2. The fraction of sp³-hybridized carbons (Fsp3) is 0.387. The van der Waals surface area contributed by atoms with E-state index in [1.807, 2.05) is 23.1 Å². The quantitative estimate of drug-likeness (QED) is 0.217. The minimum Gasteiger partial charge on any atom is -0.451 e. The molecule has 0 bridgehead atoms. The van der Waals surface area contributed by atoms with Crippen LogP contribution in [0.5, 0.6) is 0 Å². The molecule has 3 N–H and O–H groups in total. The maximum atomic E-state index is 13.2. The van der Waals surface area contributed by atoms with Gasteiger partial charge in [-0.3, -0.25) is 9.59 Å². The Morgan fingerprint density at radius 2 is 2.00 bits per heavy atom. The Morgan fingerprint density at radius 3 is 2.83 bits per heavy atom. The van der Waals surface area contributed by atoms with Gasteiger partial charge >= 0.3 is 0 Å². The van der Waals surface area contributed by atoms with E-state index in [2.05, 4.69) is 16.0 Å². The molecule has 42 heavy (non-hydrogen) atoms. The summed E-state index contributed by atoms with van der Waals surface area (Å²) in [7, 11) is 1.71. The molecule has 1 aliphatic rings. The van der Waals surface area contributed by atoms with Crippen molar-refractivity contribution in [1.82, 2.24) is 19.8 Å². The zero-order valence-electron chi connectivity index (χ0n) is 23.5. The molecular weight excluding hydrogens is 577 g/mol. The summed E-state index contributed by atoms with van der Waals surface area (Å²) >= 11 is 12.4. The number of carbonyl (C=O) groups is 2. The van der Waals surface area contributed by atoms with Gasteiger partial charge in [0.05, 0.1) is 21.1 Å². The van der Waals surface area contributed by atoms with E-state index < -0.39 is 11.9 Å². The fourth-order valence-electron chi connectivity index (χ4n) is 5.46. The Balaban J connectivity index is 1.17. The molecular formula is C31H35Cl2N5O4. The molecule has 4 aromatic rings. The van der Waals surface area contributed by atoms with Crippen LogP contribution in [0.4, 0.5) is 0 Å². The minimum absolute atomic E-state index is 0.0284. The molecule has 2 aromatic carbocycles. The van der Waals surface area contributed by atoms with Crippen LogP contribution in [0.1, 0.15) is 48.0 Å². The first-order valence-corrected chi connectivity index (χ1v) is 14.9. The third-order valence-corrected chi connectivity index (χ3v) is 8.38. The predicted molar refractivity (Wildman–Crippen MR) is 164 cm³/mol. The number of piperidine rings is 1. The molecule has 2 aromatic heterocycles. The first-order valence-electron chi connectivity index (χ1n) is 14.2. The Kier molecular flexibility index (Phi) is 9.84. The van der Waals surface area contributed by atoms with Crippen LogP contribution in [0.3, 0.4) is 0 Å². The van der Waals surface area contributed by atoms with Crippen LogP contribution in [0.2, 0.25) is 10.0 Å². The first kappa shape index (κ1) is 30.1. The molecule has 11 heteroatoms. The van der Waals surface area contributed by atoms with Crippen LogP contribution in [-0.2, 0) is 16.1 Å². The lowest BCUT2D eigenvalue weighted by atomic mass is 9.96. The van der Waals surface area contributed by atoms with Crippen molar-refractivity contribution in [3.63, 3.8) is 0 Å². The van der Waals surface area contributed by atoms with Crippen molar-refractivity contribution in [3.05, 3.63) is 76.2 Å². The summed E-state index contributed by atoms with van der Waals surface area (Å²) in [5, 5.41) is 3.52. The smallest absolute Gasteiger partial charge is 0.287 e. The summed E-state index contributed by atoms with van der Waals surface area (Å²) in [6.45, 7) is 2.88. The van der Waals surface area contributed by atoms with E-state index in [1.54, 1.807) is 37.4 Å². The van der Waals surface area contributed by atoms with Crippen molar-refractivity contribution in [2.75, 3.05) is 33.4 Å². The van der Waals surface area contributed by atoms with E-state index in [4.69, 9.17) is 43.1 Å². The number of nitrogens with two attached hydrogens (primary N) is 1. The lowest BCUT2D eigenvalue weighted by Gasteiger charge is -2.33. The average molecular weight is 613 g/mol. The van der Waals surface area contributed by atoms with Gasteiger partial charge in [-0.2, -0.15) is 0 Å². The molecule has 0 radical (unpaired) electrons. The number of imidazole rings is 1. The van der Waals surface area contributed by atoms with Gasteiger partial charge in [-0.15, -0.1) is 0 Å². The number of halogens is 2. The highest BCUT2D eigenvalue weighted by atomic mass is 35.5. The SMILES string of the molecule is COCCCn1c([C@@H]2CCCN(C(=O)C[C@H](N)CNC(=O)c3ccc(-c4cccc(Cl)c4Cl)o3)C2)nc2ccccc21. The highest BCUT2D eigenvalue weighted by Gasteiger charge is 2.29. The Labute approximate surface area is 254 Å². The van der Waals surface area contributed by atoms with Gasteiger partial charge in [-0.05, 0) is 55.7 Å². The van der Waals surface area contributed by atoms with E-state index in [0.29, 0.717) is 41.1 Å². The Bertz CT molecular complexity index is 1550. The number of aryl methyl sites for hydroxylation is 1. The highest BCUT2D eigenvalue weighted by Crippen LogP contribution is 2.34. The van der Waals surface area contributed by atoms with Gasteiger partial charge in [0.2, 0.25) is 5.91 Å². The molecule has 222 valence electrons. The van der Waals surface area contributed by atoms with Gasteiger partial charge in [0, 0.05) is 63.8 Å². The van der Waals surface area contributed by atoms with Gasteiger partial charge in [-0.25, -0.2) is 4.98 Å². The summed E-state index contributed by atoms with van der Waals surface area (Å²) in [5.74, 6) is 1.24. The average Bonchev–Trinajstić information content (AvgIpc) is 3.63. The maximum Gasteiger partial charge on any atom is 0.287 e. The molecule has 3 heterocycles. The number of furan rings is 1. The molecule has 1 saturated heterocycles. The van der Waals surface area contributed by atoms with E-state index in [1.165, 1.54) is 0 Å². The van der Waals surface area contributed by atoms with Gasteiger partial charge in [0.1, 0.15) is 11.6 Å². The number of carbonyl (C=O) groups excluding carboxylic acids is 2. The molecule has 0 saturated carbocycles. The van der Waals surface area contributed by atoms with Crippen LogP contribution in [0.15, 0.2) is 59.0 Å². The zero-order chi connectivity index (χ0) is 29.6. The number of amides is 2. The fourth-order valence-corrected chi connectivity index (χ4v) is 5.85. The third kappa shape index (κ3) is 6.81. The number of hydrogen-bond donors (Lipinski definition) is 2. The van der Waals surface area contributed by atoms with Gasteiger partial charge in [0.15, 0.2) is 5.76 Å². The van der Waals surface area contributed by atoms with E-state index in [0.717, 1.165) is 42.7 Å². The molecule has 0 unspecified atom stereocenters. The first-order chi connectivity index (χ1) is 20.4. The monoisotopic (exact) mass is 611 g/mol. The molecule has 2 amide bonds. The Morgan fingerprint density at radius 1 is 1.17 bits per heavy atom. The second-order valence-corrected chi connectivity index (χ2v) is 11.4. The van der Waals surface area contributed by atoms with Crippen LogP contribution in [0, 0.1) is 0 Å². The Hall–Kier alpha value is -3.37. The lowest BCUT2D eigenvalue weighted by molar-refractivity contribution is -0.132. The van der Waals surface area contributed by atoms with Crippen molar-refractivity contribution in [1.29, 1.82) is 0 Å². The number of methoxy groups -OCH3 is 1. The predicted octanol–water partition coefficient (Wildman–Crippen LogP) is 5.49. The van der Waals surface area contributed by atoms with Crippen LogP contribution >= 0.6 is 23.2 Å². The number of nitrogens with zero attached hydrogens (tertiary/aromatic N) is 3. The summed E-state index contributed by atoms with van der Waals surface area (Å²) in [6, 6.07) is 16.0. The highest BCUT2D eigenvalue weighted by molar-refractivity contribution is 6.43. The number of ether oxygens (including phenoxy) is 1. The number of aromatic nitrogens is 2. The second kappa shape index (κ2) is 13.7. The number of nitrogens with one attached hydrogen (secondary N) is 1. The maximum absolute atomic E-state index is 13.2. The van der Waals surface area contributed by atoms with Gasteiger partial charge in [0.25, 0.3) is 5.91 Å². The zero-order valence-corrected chi connectivity index (χ0v) is 25.0. The molecule has 1 aliphatic heterocycles. The second-order valence-electron chi connectivity index (χ2n) is 10.6. The largest absolute Gasteiger partial charge is 0.451 e. The number of likely N-dealkylation sites (tertiary alicyclic amines) is 1. The van der Waals surface area contributed by atoms with E-state index in [-0.39, 0.29) is 30.6 Å². The van der Waals surface area contributed by atoms with E-state index >= 15 is 0 Å². The topological polar surface area (TPSA) is 116 Å². The molecule has 0 spiro atoms. The summed E-state index contributed by atoms with van der Waals surface area (Å²) in [6.07, 6.45) is 2.86. The third-order valence-electron chi connectivity index (χ3n) is 7.56. The van der Waals surface area contributed by atoms with Crippen LogP contribution < -0.4 is 11.1 Å². The standard InChI is InChI=1S/C31H35Cl2N5O4/c1-41-16-6-15-38-25-11-3-2-10-24(25)36-30(38)20-7-5-14-37(19-20)28(39)17-21(34)18-35-31(40)27-13-12-26(42-27)22-8-4-9-23(32)29(22)33/h2-4,8-13,20-21H,5-7,14-19,34H2,1H3,(H,35,40)/t20-,21+/m1/s1. The van der Waals surface area contributed by atoms with Gasteiger partial charge in [-0.1, -0.05) is 41.4 Å². The molecule has 0 aliphatic carbocycles.